The number of thioether (sulfide) groups is 2. The highest BCUT2D eigenvalue weighted by Crippen LogP contribution is 2.41. The molecule has 1 fully saturated rings. The highest BCUT2D eigenvalue weighted by atomic mass is 32.2. The van der Waals surface area contributed by atoms with Gasteiger partial charge in [0.25, 0.3) is 5.91 Å². The number of anilines is 1. The smallest absolute Gasteiger partial charge is 0.352 e. The van der Waals surface area contributed by atoms with Gasteiger partial charge in [0.15, 0.2) is 4.34 Å². The Morgan fingerprint density at radius 1 is 1.29 bits per heavy atom. The lowest BCUT2D eigenvalue weighted by atomic mass is 10.0. The Kier molecular flexibility index (Phi) is 6.07. The minimum absolute atomic E-state index is 0.0283. The standard InChI is InChI=1S/C18H17N5O5S3/c1-8-21-22-18(31-8)30-7-9-6-29-15-12(14(25)23(15)13(9)16(26)27)20-17(28)19-10-2-4-11(24)5-3-10/h2-5,12,15,24H,6-7H2,1H3,(H,26,27)(H2,19,20,28)/t12?,15-/m0/s1. The molecular formula is C18H17N5O5S3. The lowest BCUT2D eigenvalue weighted by molar-refractivity contribution is -0.148. The molecule has 1 aromatic carbocycles. The van der Waals surface area contributed by atoms with E-state index >= 15 is 0 Å². The van der Waals surface area contributed by atoms with Crippen LogP contribution < -0.4 is 10.6 Å². The number of nitrogens with zero attached hydrogens (tertiary/aromatic N) is 3. The van der Waals surface area contributed by atoms with Gasteiger partial charge in [0.05, 0.1) is 0 Å². The van der Waals surface area contributed by atoms with Crippen molar-refractivity contribution >= 4 is 58.5 Å². The van der Waals surface area contributed by atoms with Crippen LogP contribution in [0.15, 0.2) is 39.9 Å². The molecule has 4 N–H and O–H groups in total. The largest absolute Gasteiger partial charge is 0.508 e. The average molecular weight is 480 g/mol. The number of β-lactam (4-membered cyclic amide) rings is 1. The summed E-state index contributed by atoms with van der Waals surface area (Å²) in [6, 6.07) is 4.49. The van der Waals surface area contributed by atoms with Crippen LogP contribution in [0, 0.1) is 6.92 Å². The molecule has 1 aromatic heterocycles. The summed E-state index contributed by atoms with van der Waals surface area (Å²) in [4.78, 5) is 38.1. The van der Waals surface area contributed by atoms with E-state index in [0.717, 1.165) is 9.35 Å². The molecule has 1 unspecified atom stereocenters. The number of carbonyl (C=O) groups is 3. The van der Waals surface area contributed by atoms with E-state index in [0.29, 0.717) is 22.8 Å². The number of nitrogens with one attached hydrogen (secondary N) is 2. The number of aliphatic carboxylic acids is 1. The van der Waals surface area contributed by atoms with Crippen LogP contribution in [0.25, 0.3) is 0 Å². The van der Waals surface area contributed by atoms with Crippen molar-refractivity contribution in [2.75, 3.05) is 16.8 Å². The number of phenolic OH excluding ortho intramolecular Hbond substituents is 1. The molecular weight excluding hydrogens is 462 g/mol. The third-order valence-electron chi connectivity index (χ3n) is 4.54. The Hall–Kier alpha value is -2.77. The van der Waals surface area contributed by atoms with Crippen LogP contribution in [-0.4, -0.2) is 66.1 Å². The molecule has 3 amide bonds. The third kappa shape index (κ3) is 4.48. The number of aromatic nitrogens is 2. The van der Waals surface area contributed by atoms with E-state index in [1.807, 2.05) is 6.92 Å². The Morgan fingerprint density at radius 3 is 2.68 bits per heavy atom. The van der Waals surface area contributed by atoms with Crippen LogP contribution in [0.1, 0.15) is 5.01 Å². The number of amides is 3. The van der Waals surface area contributed by atoms with Crippen LogP contribution in [0.2, 0.25) is 0 Å². The van der Waals surface area contributed by atoms with Crippen molar-refractivity contribution < 1.29 is 24.6 Å². The van der Waals surface area contributed by atoms with Crippen molar-refractivity contribution in [1.82, 2.24) is 20.4 Å². The maximum atomic E-state index is 12.7. The number of hydrogen-bond acceptors (Lipinski definition) is 9. The van der Waals surface area contributed by atoms with Crippen LogP contribution in [-0.2, 0) is 9.59 Å². The zero-order valence-corrected chi connectivity index (χ0v) is 18.5. The van der Waals surface area contributed by atoms with Crippen LogP contribution in [0.5, 0.6) is 5.75 Å². The topological polar surface area (TPSA) is 145 Å². The number of aromatic hydroxyl groups is 1. The zero-order valence-electron chi connectivity index (χ0n) is 16.1. The zero-order chi connectivity index (χ0) is 22.1. The summed E-state index contributed by atoms with van der Waals surface area (Å²) in [5.41, 5.74) is 1.05. The van der Waals surface area contributed by atoms with E-state index in [-0.39, 0.29) is 11.4 Å². The predicted molar refractivity (Wildman–Crippen MR) is 117 cm³/mol. The SMILES string of the molecule is Cc1nnc(SCC2=C(C(=O)O)N3C(=O)C(NC(=O)Nc4ccc(O)cc4)[C@@H]3SC2)s1. The monoisotopic (exact) mass is 479 g/mol. The van der Waals surface area contributed by atoms with Crippen molar-refractivity contribution in [3.05, 3.63) is 40.5 Å². The molecule has 0 saturated carbocycles. The summed E-state index contributed by atoms with van der Waals surface area (Å²) in [5.74, 6) is -0.755. The number of rotatable bonds is 6. The quantitative estimate of drug-likeness (QED) is 0.278. The van der Waals surface area contributed by atoms with Gasteiger partial charge in [0.1, 0.15) is 27.9 Å². The second-order valence-corrected chi connectivity index (χ2v) is 10.2. The first-order valence-electron chi connectivity index (χ1n) is 9.03. The van der Waals surface area contributed by atoms with Gasteiger partial charge in [-0.1, -0.05) is 23.1 Å². The van der Waals surface area contributed by atoms with Crippen molar-refractivity contribution in [3.8, 4) is 5.75 Å². The number of benzene rings is 1. The van der Waals surface area contributed by atoms with Crippen molar-refractivity contribution in [3.63, 3.8) is 0 Å². The molecule has 3 heterocycles. The summed E-state index contributed by atoms with van der Waals surface area (Å²) in [7, 11) is 0. The Balaban J connectivity index is 1.42. The number of carboxylic acids is 1. The summed E-state index contributed by atoms with van der Waals surface area (Å²) in [6.45, 7) is 1.84. The Morgan fingerprint density at radius 2 is 2.03 bits per heavy atom. The molecule has 2 aromatic rings. The summed E-state index contributed by atoms with van der Waals surface area (Å²) < 4.78 is 0.738. The third-order valence-corrected chi connectivity index (χ3v) is 7.94. The molecule has 1 saturated heterocycles. The number of fused-ring (bicyclic) bond motifs is 1. The average Bonchev–Trinajstić information content (AvgIpc) is 3.16. The summed E-state index contributed by atoms with van der Waals surface area (Å²) >= 11 is 4.22. The fraction of sp³-hybridized carbons (Fsp3) is 0.278. The Labute approximate surface area is 189 Å². The van der Waals surface area contributed by atoms with Crippen molar-refractivity contribution in [2.24, 2.45) is 0 Å². The van der Waals surface area contributed by atoms with Gasteiger partial charge in [0, 0.05) is 17.2 Å². The fourth-order valence-corrected chi connectivity index (χ4v) is 6.43. The maximum absolute atomic E-state index is 12.7. The van der Waals surface area contributed by atoms with Crippen LogP contribution in [0.3, 0.4) is 0 Å². The van der Waals surface area contributed by atoms with E-state index in [1.54, 1.807) is 0 Å². The summed E-state index contributed by atoms with van der Waals surface area (Å²) in [5, 5.41) is 32.5. The highest BCUT2D eigenvalue weighted by Gasteiger charge is 2.54. The van der Waals surface area contributed by atoms with Crippen LogP contribution in [0.4, 0.5) is 10.5 Å². The van der Waals surface area contributed by atoms with Gasteiger partial charge < -0.3 is 20.8 Å². The van der Waals surface area contributed by atoms with Gasteiger partial charge in [-0.2, -0.15) is 0 Å². The first-order chi connectivity index (χ1) is 14.8. The molecule has 0 aliphatic carbocycles. The van der Waals surface area contributed by atoms with E-state index in [9.17, 15) is 24.6 Å². The first-order valence-corrected chi connectivity index (χ1v) is 11.9. The second kappa shape index (κ2) is 8.77. The number of carbonyl (C=O) groups excluding carboxylic acids is 2. The minimum Gasteiger partial charge on any atom is -0.508 e. The molecule has 31 heavy (non-hydrogen) atoms. The molecule has 4 rings (SSSR count). The second-order valence-electron chi connectivity index (χ2n) is 6.67. The van der Waals surface area contributed by atoms with Gasteiger partial charge >= 0.3 is 12.0 Å². The Bertz CT molecular complexity index is 1070. The van der Waals surface area contributed by atoms with E-state index < -0.39 is 29.3 Å². The predicted octanol–water partition coefficient (Wildman–Crippen LogP) is 2.09. The number of hydrogen-bond donors (Lipinski definition) is 4. The molecule has 2 aliphatic heterocycles. The van der Waals surface area contributed by atoms with Crippen molar-refractivity contribution in [1.29, 1.82) is 0 Å². The molecule has 162 valence electrons. The molecule has 2 atom stereocenters. The molecule has 10 nitrogen and oxygen atoms in total. The van der Waals surface area contributed by atoms with E-state index in [2.05, 4.69) is 20.8 Å². The molecule has 0 bridgehead atoms. The number of carboxylic acid groups (broad SMARTS) is 1. The number of phenols is 1. The fourth-order valence-electron chi connectivity index (χ4n) is 3.13. The number of urea groups is 1. The van der Waals surface area contributed by atoms with Gasteiger partial charge in [-0.3, -0.25) is 9.69 Å². The van der Waals surface area contributed by atoms with E-state index in [4.69, 9.17) is 0 Å². The molecule has 0 radical (unpaired) electrons. The maximum Gasteiger partial charge on any atom is 0.352 e. The van der Waals surface area contributed by atoms with E-state index in [1.165, 1.54) is 64.0 Å². The number of aryl methyl sites for hydroxylation is 1. The lowest BCUT2D eigenvalue weighted by Gasteiger charge is -2.49. The van der Waals surface area contributed by atoms with Gasteiger partial charge in [-0.25, -0.2) is 9.59 Å². The summed E-state index contributed by atoms with van der Waals surface area (Å²) in [6.07, 6.45) is 0. The first kappa shape index (κ1) is 21.5. The molecule has 0 spiro atoms. The van der Waals surface area contributed by atoms with Gasteiger partial charge in [-0.15, -0.1) is 22.0 Å². The van der Waals surface area contributed by atoms with Crippen LogP contribution >= 0.6 is 34.9 Å². The van der Waals surface area contributed by atoms with Crippen molar-refractivity contribution in [2.45, 2.75) is 22.7 Å². The minimum atomic E-state index is -1.17. The molecule has 13 heteroatoms. The highest BCUT2D eigenvalue weighted by molar-refractivity contribution is 8.01. The molecule has 2 aliphatic rings. The normalized spacial score (nSPS) is 20.2. The van der Waals surface area contributed by atoms with Gasteiger partial charge in [0.2, 0.25) is 0 Å². The van der Waals surface area contributed by atoms with Gasteiger partial charge in [-0.05, 0) is 36.8 Å². The lowest BCUT2D eigenvalue weighted by Crippen LogP contribution is -2.71.